The first-order chi connectivity index (χ1) is 17.5. The zero-order chi connectivity index (χ0) is 28.7. The summed E-state index contributed by atoms with van der Waals surface area (Å²) < 4.78 is 0. The van der Waals surface area contributed by atoms with E-state index in [0.717, 1.165) is 88.8 Å². The van der Waals surface area contributed by atoms with Gasteiger partial charge in [-0.3, -0.25) is 0 Å². The fourth-order valence-electron chi connectivity index (χ4n) is 14.4. The Labute approximate surface area is 240 Å². The quantitative estimate of drug-likeness (QED) is 0.334. The molecular formula is C38H70. The highest BCUT2D eigenvalue weighted by Crippen LogP contribution is 2.78. The number of hydrogen-bond acceptors (Lipinski definition) is 0. The average molecular weight is 527 g/mol. The predicted molar refractivity (Wildman–Crippen MR) is 168 cm³/mol. The van der Waals surface area contributed by atoms with Crippen molar-refractivity contribution in [2.75, 3.05) is 0 Å². The van der Waals surface area contributed by atoms with Gasteiger partial charge < -0.3 is 0 Å². The molecule has 0 N–H and O–H groups in total. The largest absolute Gasteiger partial charge is 0.0628 e. The summed E-state index contributed by atoms with van der Waals surface area (Å²) in [6, 6.07) is 0. The number of rotatable bonds is 5. The van der Waals surface area contributed by atoms with Crippen LogP contribution in [-0.2, 0) is 0 Å². The highest BCUT2D eigenvalue weighted by atomic mass is 14.8. The summed E-state index contributed by atoms with van der Waals surface area (Å²) in [5.41, 5.74) is 1.28. The lowest BCUT2D eigenvalue weighted by Crippen LogP contribution is -2.72. The van der Waals surface area contributed by atoms with E-state index >= 15 is 0 Å². The molecule has 0 aromatic rings. The molecule has 4 aliphatic rings. The van der Waals surface area contributed by atoms with Crippen molar-refractivity contribution in [2.24, 2.45) is 105 Å². The first kappa shape index (κ1) is 30.9. The highest BCUT2D eigenvalue weighted by molar-refractivity contribution is 5.20. The molecule has 0 radical (unpaired) electrons. The molecule has 4 saturated carbocycles. The summed E-state index contributed by atoms with van der Waals surface area (Å²) in [6.45, 7) is 39.9. The Kier molecular flexibility index (Phi) is 8.45. The maximum atomic E-state index is 2.83. The van der Waals surface area contributed by atoms with Crippen molar-refractivity contribution in [3.63, 3.8) is 0 Å². The van der Waals surface area contributed by atoms with Crippen LogP contribution in [0, 0.1) is 105 Å². The van der Waals surface area contributed by atoms with Crippen LogP contribution in [0.3, 0.4) is 0 Å². The van der Waals surface area contributed by atoms with Crippen LogP contribution in [0.25, 0.3) is 0 Å². The molecule has 16 atom stereocenters. The second-order valence-electron chi connectivity index (χ2n) is 18.0. The molecule has 0 heteroatoms. The van der Waals surface area contributed by atoms with Crippen molar-refractivity contribution >= 4 is 0 Å². The van der Waals surface area contributed by atoms with Gasteiger partial charge in [0.15, 0.2) is 0 Å². The van der Waals surface area contributed by atoms with Crippen LogP contribution in [0.5, 0.6) is 0 Å². The molecule has 0 spiro atoms. The fraction of sp³-hybridized carbons (Fsp3) is 1.00. The Balaban J connectivity index is 1.79. The lowest BCUT2D eigenvalue weighted by molar-refractivity contribution is -0.294. The predicted octanol–water partition coefficient (Wildman–Crippen LogP) is 11.5. The standard InChI is InChI=1S/C38H70/c1-21(2)18-23(5)19-31-17-16-24(6)33-26(8)35-29(11)38(15)28(10)32(22(3)4)25(7)20-36(38,13)30(12)37(35,14)27(9)34(31)33/h21-35H,16-20H2,1-15H3. The lowest BCUT2D eigenvalue weighted by Gasteiger charge is -2.77. The van der Waals surface area contributed by atoms with Gasteiger partial charge in [0.2, 0.25) is 0 Å². The van der Waals surface area contributed by atoms with E-state index in [2.05, 4.69) is 104 Å². The second-order valence-corrected chi connectivity index (χ2v) is 18.0. The molecular weight excluding hydrogens is 456 g/mol. The van der Waals surface area contributed by atoms with Crippen LogP contribution < -0.4 is 0 Å². The van der Waals surface area contributed by atoms with E-state index in [9.17, 15) is 0 Å². The summed E-state index contributed by atoms with van der Waals surface area (Å²) in [5.74, 6) is 12.8. The van der Waals surface area contributed by atoms with E-state index in [1.54, 1.807) is 0 Å². The van der Waals surface area contributed by atoms with Crippen molar-refractivity contribution in [1.29, 1.82) is 0 Å². The van der Waals surface area contributed by atoms with Gasteiger partial charge in [-0.2, -0.15) is 0 Å². The van der Waals surface area contributed by atoms with E-state index in [1.165, 1.54) is 32.1 Å². The van der Waals surface area contributed by atoms with E-state index in [1.807, 2.05) is 0 Å². The highest BCUT2D eigenvalue weighted by Gasteiger charge is 2.72. The smallest absolute Gasteiger partial charge is 0.0212 e. The Hall–Kier alpha value is 0. The molecule has 0 saturated heterocycles. The maximum absolute atomic E-state index is 2.83. The molecule has 0 aromatic heterocycles. The number of fused-ring (bicyclic) bond motifs is 3. The molecule has 0 aliphatic heterocycles. The van der Waals surface area contributed by atoms with Crippen molar-refractivity contribution < 1.29 is 0 Å². The van der Waals surface area contributed by atoms with Crippen molar-refractivity contribution in [3.8, 4) is 0 Å². The third-order valence-corrected chi connectivity index (χ3v) is 16.0. The topological polar surface area (TPSA) is 0 Å². The normalized spacial score (nSPS) is 55.8. The van der Waals surface area contributed by atoms with Crippen LogP contribution in [0.15, 0.2) is 0 Å². The minimum absolute atomic E-state index is 0.419. The minimum Gasteiger partial charge on any atom is -0.0628 e. The zero-order valence-corrected chi connectivity index (χ0v) is 28.7. The van der Waals surface area contributed by atoms with Crippen molar-refractivity contribution in [2.45, 2.75) is 136 Å². The van der Waals surface area contributed by atoms with Gasteiger partial charge >= 0.3 is 0 Å². The van der Waals surface area contributed by atoms with Gasteiger partial charge in [0, 0.05) is 0 Å². The molecule has 0 amide bonds. The summed E-state index contributed by atoms with van der Waals surface area (Å²) in [7, 11) is 0. The summed E-state index contributed by atoms with van der Waals surface area (Å²) in [5, 5.41) is 0. The van der Waals surface area contributed by atoms with Gasteiger partial charge in [-0.15, -0.1) is 0 Å². The molecule has 16 unspecified atom stereocenters. The van der Waals surface area contributed by atoms with Gasteiger partial charge in [-0.1, -0.05) is 110 Å². The lowest BCUT2D eigenvalue weighted by atomic mass is 9.28. The SMILES string of the molecule is CC(C)CC(C)CC1CCC(C)C2C(C)C3C(C)C4(C)C(C)C(C(C)C)C(C)CC4(C)C(C)C3(C)C(C)C12. The average Bonchev–Trinajstić information content (AvgIpc) is 2.79. The third kappa shape index (κ3) is 4.16. The molecule has 4 rings (SSSR count). The van der Waals surface area contributed by atoms with Crippen molar-refractivity contribution in [1.82, 2.24) is 0 Å². The van der Waals surface area contributed by atoms with Crippen LogP contribution in [-0.4, -0.2) is 0 Å². The van der Waals surface area contributed by atoms with Crippen LogP contribution >= 0.6 is 0 Å². The van der Waals surface area contributed by atoms with Crippen molar-refractivity contribution in [3.05, 3.63) is 0 Å². The fourth-order valence-corrected chi connectivity index (χ4v) is 14.4. The Morgan fingerprint density at radius 2 is 1.32 bits per heavy atom. The first-order valence-electron chi connectivity index (χ1n) is 17.5. The third-order valence-electron chi connectivity index (χ3n) is 16.0. The van der Waals surface area contributed by atoms with Gasteiger partial charge in [-0.25, -0.2) is 0 Å². The van der Waals surface area contributed by atoms with Gasteiger partial charge in [0.25, 0.3) is 0 Å². The molecule has 38 heavy (non-hydrogen) atoms. The Bertz CT molecular complexity index is 824. The van der Waals surface area contributed by atoms with Crippen LogP contribution in [0.4, 0.5) is 0 Å². The first-order valence-corrected chi connectivity index (χ1v) is 17.5. The Morgan fingerprint density at radius 3 is 1.87 bits per heavy atom. The summed E-state index contributed by atoms with van der Waals surface area (Å²) >= 11 is 0. The van der Waals surface area contributed by atoms with Gasteiger partial charge in [-0.05, 0) is 131 Å². The molecule has 0 heterocycles. The van der Waals surface area contributed by atoms with E-state index in [4.69, 9.17) is 0 Å². The molecule has 4 aliphatic carbocycles. The van der Waals surface area contributed by atoms with E-state index < -0.39 is 0 Å². The molecule has 0 nitrogen and oxygen atoms in total. The Morgan fingerprint density at radius 1 is 0.711 bits per heavy atom. The van der Waals surface area contributed by atoms with Gasteiger partial charge in [0.1, 0.15) is 0 Å². The van der Waals surface area contributed by atoms with Crippen LogP contribution in [0.1, 0.15) is 136 Å². The number of hydrogen-bond donors (Lipinski definition) is 0. The molecule has 4 fully saturated rings. The molecule has 0 aromatic carbocycles. The van der Waals surface area contributed by atoms with E-state index in [0.29, 0.717) is 16.2 Å². The summed E-state index contributed by atoms with van der Waals surface area (Å²) in [6.07, 6.45) is 7.29. The summed E-state index contributed by atoms with van der Waals surface area (Å²) in [4.78, 5) is 0. The maximum Gasteiger partial charge on any atom is -0.0212 e. The minimum atomic E-state index is 0.419. The van der Waals surface area contributed by atoms with Gasteiger partial charge in [0.05, 0.1) is 0 Å². The van der Waals surface area contributed by atoms with E-state index in [-0.39, 0.29) is 0 Å². The molecule has 222 valence electrons. The second kappa shape index (κ2) is 10.4. The monoisotopic (exact) mass is 527 g/mol. The zero-order valence-electron chi connectivity index (χ0n) is 28.7. The molecule has 0 bridgehead atoms. The van der Waals surface area contributed by atoms with Crippen LogP contribution in [0.2, 0.25) is 0 Å².